The van der Waals surface area contributed by atoms with E-state index < -0.39 is 0 Å². The van der Waals surface area contributed by atoms with Gasteiger partial charge in [0.1, 0.15) is 0 Å². The molecular formula is C21H22N4O. The lowest BCUT2D eigenvalue weighted by Gasteiger charge is -2.23. The number of carbonyl (C=O) groups is 1. The first-order valence-corrected chi connectivity index (χ1v) is 8.93. The normalized spacial score (nSPS) is 14.3. The van der Waals surface area contributed by atoms with Crippen molar-refractivity contribution in [2.24, 2.45) is 5.73 Å². The third-order valence-corrected chi connectivity index (χ3v) is 4.97. The third kappa shape index (κ3) is 3.02. The fourth-order valence-corrected chi connectivity index (χ4v) is 3.64. The number of nitrogens with one attached hydrogen (secondary N) is 1. The molecule has 132 valence electrons. The van der Waals surface area contributed by atoms with Crippen LogP contribution in [0.3, 0.4) is 0 Å². The van der Waals surface area contributed by atoms with Crippen LogP contribution in [0.2, 0.25) is 0 Å². The van der Waals surface area contributed by atoms with Gasteiger partial charge in [0.2, 0.25) is 5.91 Å². The maximum Gasteiger partial charge on any atom is 0.230 e. The third-order valence-electron chi connectivity index (χ3n) is 4.97. The summed E-state index contributed by atoms with van der Waals surface area (Å²) >= 11 is 0. The highest BCUT2D eigenvalue weighted by Crippen LogP contribution is 2.33. The Bertz CT molecular complexity index is 889. The molecule has 1 aliphatic heterocycles. The summed E-state index contributed by atoms with van der Waals surface area (Å²) in [6.45, 7) is 1.64. The van der Waals surface area contributed by atoms with Crippen molar-refractivity contribution < 1.29 is 4.79 Å². The van der Waals surface area contributed by atoms with Gasteiger partial charge in [0.05, 0.1) is 30.4 Å². The minimum Gasteiger partial charge on any atom is -0.332 e. The van der Waals surface area contributed by atoms with Crippen molar-refractivity contribution in [1.29, 1.82) is 0 Å². The van der Waals surface area contributed by atoms with Crippen LogP contribution in [-0.2, 0) is 17.9 Å². The average Bonchev–Trinajstić information content (AvgIpc) is 3.28. The standard InChI is InChI=1S/C21H22N4O/c22-12-11-17(15-7-3-1-4-8-15)21(26)25-13-18-19(14-25)23-24-20(18)16-9-5-2-6-10-16/h1-10,17H,11-14,22H2,(H,23,24). The number of amides is 1. The zero-order chi connectivity index (χ0) is 17.9. The summed E-state index contributed by atoms with van der Waals surface area (Å²) in [5, 5.41) is 7.57. The van der Waals surface area contributed by atoms with Gasteiger partial charge in [0, 0.05) is 11.1 Å². The fourth-order valence-electron chi connectivity index (χ4n) is 3.64. The molecule has 1 aromatic heterocycles. The zero-order valence-electron chi connectivity index (χ0n) is 14.6. The summed E-state index contributed by atoms with van der Waals surface area (Å²) < 4.78 is 0. The van der Waals surface area contributed by atoms with E-state index in [9.17, 15) is 4.79 Å². The van der Waals surface area contributed by atoms with Crippen molar-refractivity contribution in [3.63, 3.8) is 0 Å². The molecular weight excluding hydrogens is 324 g/mol. The first kappa shape index (κ1) is 16.5. The second-order valence-electron chi connectivity index (χ2n) is 6.63. The van der Waals surface area contributed by atoms with E-state index in [0.29, 0.717) is 26.1 Å². The van der Waals surface area contributed by atoms with Gasteiger partial charge in [0.25, 0.3) is 0 Å². The lowest BCUT2D eigenvalue weighted by atomic mass is 9.94. The highest BCUT2D eigenvalue weighted by Gasteiger charge is 2.32. The lowest BCUT2D eigenvalue weighted by molar-refractivity contribution is -0.133. The SMILES string of the molecule is NCCC(C(=O)N1Cc2[nH]nc(-c3ccccc3)c2C1)c1ccccc1. The molecule has 4 rings (SSSR count). The Morgan fingerprint density at radius 1 is 1.08 bits per heavy atom. The van der Waals surface area contributed by atoms with Gasteiger partial charge in [-0.05, 0) is 18.5 Å². The Hall–Kier alpha value is -2.92. The Morgan fingerprint density at radius 2 is 1.77 bits per heavy atom. The van der Waals surface area contributed by atoms with E-state index in [-0.39, 0.29) is 11.8 Å². The molecule has 0 saturated carbocycles. The Kier molecular flexibility index (Phi) is 4.54. The maximum absolute atomic E-state index is 13.2. The Balaban J connectivity index is 1.57. The summed E-state index contributed by atoms with van der Waals surface area (Å²) in [7, 11) is 0. The van der Waals surface area contributed by atoms with Crippen molar-refractivity contribution in [2.45, 2.75) is 25.4 Å². The second-order valence-corrected chi connectivity index (χ2v) is 6.63. The van der Waals surface area contributed by atoms with Gasteiger partial charge < -0.3 is 10.6 Å². The highest BCUT2D eigenvalue weighted by atomic mass is 16.2. The summed E-state index contributed by atoms with van der Waals surface area (Å²) in [4.78, 5) is 15.1. The molecule has 3 N–H and O–H groups in total. The van der Waals surface area contributed by atoms with Crippen LogP contribution in [0.1, 0.15) is 29.2 Å². The monoisotopic (exact) mass is 346 g/mol. The van der Waals surface area contributed by atoms with Gasteiger partial charge in [-0.25, -0.2) is 0 Å². The molecule has 0 aliphatic carbocycles. The van der Waals surface area contributed by atoms with Gasteiger partial charge >= 0.3 is 0 Å². The molecule has 5 heteroatoms. The number of nitrogens with zero attached hydrogens (tertiary/aromatic N) is 2. The zero-order valence-corrected chi connectivity index (χ0v) is 14.6. The van der Waals surface area contributed by atoms with E-state index in [1.165, 1.54) is 0 Å². The molecule has 2 heterocycles. The summed E-state index contributed by atoms with van der Waals surface area (Å²) in [6.07, 6.45) is 0.650. The first-order chi connectivity index (χ1) is 12.8. The van der Waals surface area contributed by atoms with Crippen molar-refractivity contribution in [3.8, 4) is 11.3 Å². The number of rotatable bonds is 5. The average molecular weight is 346 g/mol. The number of hydrogen-bond acceptors (Lipinski definition) is 3. The van der Waals surface area contributed by atoms with E-state index in [2.05, 4.69) is 10.2 Å². The van der Waals surface area contributed by atoms with Gasteiger partial charge in [-0.3, -0.25) is 9.89 Å². The first-order valence-electron chi connectivity index (χ1n) is 8.93. The smallest absolute Gasteiger partial charge is 0.230 e. The van der Waals surface area contributed by atoms with E-state index in [4.69, 9.17) is 5.73 Å². The fraction of sp³-hybridized carbons (Fsp3) is 0.238. The van der Waals surface area contributed by atoms with Crippen molar-refractivity contribution in [3.05, 3.63) is 77.5 Å². The molecule has 0 fully saturated rings. The summed E-state index contributed by atoms with van der Waals surface area (Å²) in [5.41, 5.74) is 11.0. The van der Waals surface area contributed by atoms with Crippen molar-refractivity contribution in [1.82, 2.24) is 15.1 Å². The van der Waals surface area contributed by atoms with Crippen molar-refractivity contribution >= 4 is 5.91 Å². The van der Waals surface area contributed by atoms with Crippen LogP contribution in [0, 0.1) is 0 Å². The molecule has 1 unspecified atom stereocenters. The largest absolute Gasteiger partial charge is 0.332 e. The van der Waals surface area contributed by atoms with E-state index >= 15 is 0 Å². The van der Waals surface area contributed by atoms with Crippen LogP contribution in [0.25, 0.3) is 11.3 Å². The van der Waals surface area contributed by atoms with E-state index in [0.717, 1.165) is 28.1 Å². The molecule has 0 radical (unpaired) electrons. The second kappa shape index (κ2) is 7.14. The molecule has 1 aliphatic rings. The maximum atomic E-state index is 13.2. The predicted octanol–water partition coefficient (Wildman–Crippen LogP) is 3.05. The van der Waals surface area contributed by atoms with E-state index in [1.807, 2.05) is 65.6 Å². The molecule has 0 spiro atoms. The van der Waals surface area contributed by atoms with Crippen LogP contribution < -0.4 is 5.73 Å². The van der Waals surface area contributed by atoms with Gasteiger partial charge in [-0.15, -0.1) is 0 Å². The number of hydrogen-bond donors (Lipinski definition) is 2. The molecule has 1 amide bonds. The number of aromatic amines is 1. The molecule has 3 aromatic rings. The molecule has 26 heavy (non-hydrogen) atoms. The number of H-pyrrole nitrogens is 1. The van der Waals surface area contributed by atoms with E-state index in [1.54, 1.807) is 0 Å². The number of carbonyl (C=O) groups excluding carboxylic acids is 1. The number of fused-ring (bicyclic) bond motifs is 1. The predicted molar refractivity (Wildman–Crippen MR) is 101 cm³/mol. The Labute approximate surface area is 152 Å². The molecule has 5 nitrogen and oxygen atoms in total. The minimum absolute atomic E-state index is 0.130. The molecule has 0 saturated heterocycles. The Morgan fingerprint density at radius 3 is 2.46 bits per heavy atom. The minimum atomic E-state index is -0.196. The van der Waals surface area contributed by atoms with Crippen LogP contribution in [0.5, 0.6) is 0 Å². The number of benzene rings is 2. The lowest BCUT2D eigenvalue weighted by Crippen LogP contribution is -2.32. The number of nitrogens with two attached hydrogens (primary N) is 1. The van der Waals surface area contributed by atoms with Crippen LogP contribution in [0.15, 0.2) is 60.7 Å². The van der Waals surface area contributed by atoms with Gasteiger partial charge in [-0.2, -0.15) is 5.10 Å². The summed E-state index contributed by atoms with van der Waals surface area (Å²) in [5.74, 6) is -0.0661. The molecule has 0 bridgehead atoms. The van der Waals surface area contributed by atoms with Crippen LogP contribution >= 0.6 is 0 Å². The van der Waals surface area contributed by atoms with Crippen LogP contribution in [0.4, 0.5) is 0 Å². The number of aromatic nitrogens is 2. The van der Waals surface area contributed by atoms with Crippen LogP contribution in [-0.4, -0.2) is 27.5 Å². The quantitative estimate of drug-likeness (QED) is 0.745. The summed E-state index contributed by atoms with van der Waals surface area (Å²) in [6, 6.07) is 20.0. The highest BCUT2D eigenvalue weighted by molar-refractivity contribution is 5.84. The van der Waals surface area contributed by atoms with Gasteiger partial charge in [-0.1, -0.05) is 60.7 Å². The van der Waals surface area contributed by atoms with Crippen molar-refractivity contribution in [2.75, 3.05) is 6.54 Å². The topological polar surface area (TPSA) is 75.0 Å². The molecule has 2 aromatic carbocycles. The van der Waals surface area contributed by atoms with Gasteiger partial charge in [0.15, 0.2) is 0 Å². The molecule has 1 atom stereocenters.